The molecule has 0 unspecified atom stereocenters. The first-order chi connectivity index (χ1) is 14.8. The highest BCUT2D eigenvalue weighted by Crippen LogP contribution is 2.24. The van der Waals surface area contributed by atoms with Crippen LogP contribution in [0, 0.1) is 0 Å². The highest BCUT2D eigenvalue weighted by molar-refractivity contribution is 7.98. The average Bonchev–Trinajstić information content (AvgIpc) is 3.29. The first-order valence-corrected chi connectivity index (χ1v) is 11.8. The molecule has 0 saturated carbocycles. The molecule has 1 aromatic heterocycles. The maximum absolute atomic E-state index is 4.35. The van der Waals surface area contributed by atoms with Crippen molar-refractivity contribution in [3.8, 4) is 11.1 Å². The summed E-state index contributed by atoms with van der Waals surface area (Å²) in [5, 5.41) is 6.86. The molecule has 2 aromatic carbocycles. The number of rotatable bonds is 10. The van der Waals surface area contributed by atoms with Gasteiger partial charge in [0.1, 0.15) is 0 Å². The van der Waals surface area contributed by atoms with Crippen molar-refractivity contribution in [3.63, 3.8) is 0 Å². The Balaban J connectivity index is 1.60. The van der Waals surface area contributed by atoms with Gasteiger partial charge in [-0.25, -0.2) is 4.98 Å². The van der Waals surface area contributed by atoms with Gasteiger partial charge in [-0.05, 0) is 47.1 Å². The minimum Gasteiger partial charge on any atom is -0.356 e. The van der Waals surface area contributed by atoms with Gasteiger partial charge in [0.15, 0.2) is 5.96 Å². The summed E-state index contributed by atoms with van der Waals surface area (Å²) in [6, 6.07) is 17.3. The van der Waals surface area contributed by atoms with Crippen LogP contribution in [0.2, 0.25) is 0 Å². The van der Waals surface area contributed by atoms with E-state index in [2.05, 4.69) is 80.0 Å². The minimum absolute atomic E-state index is 0.734. The van der Waals surface area contributed by atoms with Crippen LogP contribution in [-0.2, 0) is 13.1 Å². The number of hydrogen-bond donors (Lipinski definition) is 2. The van der Waals surface area contributed by atoms with E-state index in [4.69, 9.17) is 0 Å². The normalized spacial score (nSPS) is 11.5. The van der Waals surface area contributed by atoms with Crippen LogP contribution in [0.1, 0.15) is 24.0 Å². The molecule has 0 aliphatic heterocycles. The van der Waals surface area contributed by atoms with Gasteiger partial charge >= 0.3 is 0 Å². The SMILES string of the molecule is CN=C(NCCCCSC)NCc1ccccc1-c1ccc(Cn2ccnc2)cc1. The number of guanidine groups is 1. The van der Waals surface area contributed by atoms with E-state index in [9.17, 15) is 0 Å². The van der Waals surface area contributed by atoms with E-state index < -0.39 is 0 Å². The summed E-state index contributed by atoms with van der Waals surface area (Å²) in [6.45, 7) is 2.51. The zero-order chi connectivity index (χ0) is 21.0. The van der Waals surface area contributed by atoms with Gasteiger partial charge in [0.25, 0.3) is 0 Å². The number of imidazole rings is 1. The lowest BCUT2D eigenvalue weighted by Crippen LogP contribution is -2.37. The van der Waals surface area contributed by atoms with Gasteiger partial charge in [0, 0.05) is 39.1 Å². The Kier molecular flexibility index (Phi) is 8.84. The maximum Gasteiger partial charge on any atom is 0.191 e. The van der Waals surface area contributed by atoms with E-state index in [1.54, 1.807) is 0 Å². The number of unbranched alkanes of at least 4 members (excludes halogenated alkanes) is 1. The van der Waals surface area contributed by atoms with Crippen molar-refractivity contribution >= 4 is 17.7 Å². The first kappa shape index (κ1) is 22.0. The fourth-order valence-corrected chi connectivity index (χ4v) is 3.81. The lowest BCUT2D eigenvalue weighted by molar-refractivity contribution is 0.733. The fourth-order valence-electron chi connectivity index (χ4n) is 3.31. The largest absolute Gasteiger partial charge is 0.356 e. The predicted octanol–water partition coefficient (Wildman–Crippen LogP) is 4.41. The van der Waals surface area contributed by atoms with Crippen LogP contribution in [0.5, 0.6) is 0 Å². The third kappa shape index (κ3) is 6.66. The van der Waals surface area contributed by atoms with Gasteiger partial charge in [-0.3, -0.25) is 4.99 Å². The molecule has 0 bridgehead atoms. The van der Waals surface area contributed by atoms with Crippen LogP contribution in [0.3, 0.4) is 0 Å². The van der Waals surface area contributed by atoms with Gasteiger partial charge in [-0.1, -0.05) is 48.5 Å². The van der Waals surface area contributed by atoms with E-state index in [1.165, 1.54) is 34.4 Å². The smallest absolute Gasteiger partial charge is 0.191 e. The van der Waals surface area contributed by atoms with E-state index in [0.717, 1.165) is 32.0 Å². The molecule has 3 rings (SSSR count). The van der Waals surface area contributed by atoms with Gasteiger partial charge in [0.2, 0.25) is 0 Å². The molecule has 2 N–H and O–H groups in total. The molecule has 0 radical (unpaired) electrons. The summed E-state index contributed by atoms with van der Waals surface area (Å²) in [6.07, 6.45) is 10.2. The lowest BCUT2D eigenvalue weighted by Gasteiger charge is -2.15. The molecule has 6 heteroatoms. The van der Waals surface area contributed by atoms with Gasteiger partial charge in [-0.2, -0.15) is 11.8 Å². The molecular formula is C24H31N5S. The maximum atomic E-state index is 4.35. The number of aromatic nitrogens is 2. The zero-order valence-electron chi connectivity index (χ0n) is 17.8. The number of aliphatic imine (C=N–C) groups is 1. The molecule has 0 aliphatic carbocycles. The molecule has 0 aliphatic rings. The van der Waals surface area contributed by atoms with Crippen molar-refractivity contribution in [2.75, 3.05) is 25.6 Å². The first-order valence-electron chi connectivity index (χ1n) is 10.4. The number of hydrogen-bond acceptors (Lipinski definition) is 3. The standard InChI is InChI=1S/C24H31N5S/c1-25-24(27-13-5-6-16-30-2)28-17-22-7-3-4-8-23(22)21-11-9-20(10-12-21)18-29-15-14-26-19-29/h3-4,7-12,14-15,19H,5-6,13,16-18H2,1-2H3,(H2,25,27,28). The van der Waals surface area contributed by atoms with Crippen molar-refractivity contribution < 1.29 is 0 Å². The zero-order valence-corrected chi connectivity index (χ0v) is 18.7. The molecule has 158 valence electrons. The Morgan fingerprint density at radius 2 is 1.90 bits per heavy atom. The van der Waals surface area contributed by atoms with Crippen molar-refractivity contribution in [2.45, 2.75) is 25.9 Å². The average molecular weight is 422 g/mol. The van der Waals surface area contributed by atoms with Crippen LogP contribution >= 0.6 is 11.8 Å². The summed E-state index contributed by atoms with van der Waals surface area (Å²) >= 11 is 1.90. The Labute approximate surface area is 184 Å². The molecule has 0 amide bonds. The topological polar surface area (TPSA) is 54.2 Å². The number of benzene rings is 2. The van der Waals surface area contributed by atoms with Crippen LogP contribution in [0.15, 0.2) is 72.2 Å². The number of nitrogens with zero attached hydrogens (tertiary/aromatic N) is 3. The van der Waals surface area contributed by atoms with Crippen molar-refractivity contribution in [1.82, 2.24) is 20.2 Å². The van der Waals surface area contributed by atoms with Gasteiger partial charge < -0.3 is 15.2 Å². The molecular weight excluding hydrogens is 390 g/mol. The van der Waals surface area contributed by atoms with Crippen molar-refractivity contribution in [1.29, 1.82) is 0 Å². The molecule has 1 heterocycles. The molecule has 30 heavy (non-hydrogen) atoms. The summed E-state index contributed by atoms with van der Waals surface area (Å²) in [5.74, 6) is 2.06. The lowest BCUT2D eigenvalue weighted by atomic mass is 9.98. The summed E-state index contributed by atoms with van der Waals surface area (Å²) in [7, 11) is 1.82. The van der Waals surface area contributed by atoms with Crippen LogP contribution in [0.25, 0.3) is 11.1 Å². The molecule has 3 aromatic rings. The number of nitrogens with one attached hydrogen (secondary N) is 2. The van der Waals surface area contributed by atoms with Crippen LogP contribution in [-0.4, -0.2) is 41.1 Å². The fraction of sp³-hybridized carbons (Fsp3) is 0.333. The van der Waals surface area contributed by atoms with E-state index >= 15 is 0 Å². The minimum atomic E-state index is 0.734. The summed E-state index contributed by atoms with van der Waals surface area (Å²) in [4.78, 5) is 8.46. The van der Waals surface area contributed by atoms with Crippen molar-refractivity contribution in [3.05, 3.63) is 78.4 Å². The van der Waals surface area contributed by atoms with Gasteiger partial charge in [-0.15, -0.1) is 0 Å². The Morgan fingerprint density at radius 1 is 1.07 bits per heavy atom. The van der Waals surface area contributed by atoms with Gasteiger partial charge in [0.05, 0.1) is 6.33 Å². The molecule has 0 atom stereocenters. The van der Waals surface area contributed by atoms with E-state index in [1.807, 2.05) is 37.5 Å². The second kappa shape index (κ2) is 12.1. The molecule has 0 spiro atoms. The Hall–Kier alpha value is -2.73. The highest BCUT2D eigenvalue weighted by atomic mass is 32.2. The summed E-state index contributed by atoms with van der Waals surface area (Å²) < 4.78 is 2.08. The second-order valence-corrected chi connectivity index (χ2v) is 8.13. The summed E-state index contributed by atoms with van der Waals surface area (Å²) in [5.41, 5.74) is 4.99. The quantitative estimate of drug-likeness (QED) is 0.289. The molecule has 0 saturated heterocycles. The number of thioether (sulfide) groups is 1. The predicted molar refractivity (Wildman–Crippen MR) is 129 cm³/mol. The Bertz CT molecular complexity index is 904. The van der Waals surface area contributed by atoms with Crippen molar-refractivity contribution in [2.24, 2.45) is 4.99 Å². The van der Waals surface area contributed by atoms with E-state index in [0.29, 0.717) is 0 Å². The second-order valence-electron chi connectivity index (χ2n) is 7.14. The third-order valence-electron chi connectivity index (χ3n) is 4.94. The molecule has 0 fully saturated rings. The van der Waals surface area contributed by atoms with Crippen LogP contribution in [0.4, 0.5) is 0 Å². The van der Waals surface area contributed by atoms with E-state index in [-0.39, 0.29) is 0 Å². The highest BCUT2D eigenvalue weighted by Gasteiger charge is 2.06. The van der Waals surface area contributed by atoms with Crippen LogP contribution < -0.4 is 10.6 Å². The molecule has 5 nitrogen and oxygen atoms in total. The Morgan fingerprint density at radius 3 is 2.63 bits per heavy atom. The third-order valence-corrected chi connectivity index (χ3v) is 5.64. The monoisotopic (exact) mass is 421 g/mol.